The van der Waals surface area contributed by atoms with E-state index in [4.69, 9.17) is 0 Å². The largest absolute Gasteiger partial charge is 0.319 e. The highest BCUT2D eigenvalue weighted by Gasteiger charge is 1.98. The van der Waals surface area contributed by atoms with Crippen LogP contribution in [-0.2, 0) is 0 Å². The van der Waals surface area contributed by atoms with Crippen LogP contribution < -0.4 is 5.56 Å². The molecular weight excluding hydrogens is 174 g/mol. The Labute approximate surface area is 72.1 Å². The van der Waals surface area contributed by atoms with Gasteiger partial charge in [-0.2, -0.15) is 0 Å². The number of nitrogens with one attached hydrogen (secondary N) is 1. The molecule has 0 aliphatic rings. The van der Waals surface area contributed by atoms with Crippen molar-refractivity contribution in [3.8, 4) is 10.6 Å². The quantitative estimate of drug-likeness (QED) is 0.707. The number of aromatic nitrogens is 3. The number of hydrogen-bond donors (Lipinski definition) is 1. The molecule has 1 N–H and O–H groups in total. The van der Waals surface area contributed by atoms with Crippen LogP contribution >= 0.6 is 11.5 Å². The first-order valence-electron chi connectivity index (χ1n) is 3.31. The second kappa shape index (κ2) is 2.86. The van der Waals surface area contributed by atoms with E-state index in [1.165, 1.54) is 17.7 Å². The molecule has 4 nitrogen and oxygen atoms in total. The van der Waals surface area contributed by atoms with Crippen molar-refractivity contribution in [2.75, 3.05) is 0 Å². The molecule has 60 valence electrons. The summed E-state index contributed by atoms with van der Waals surface area (Å²) >= 11 is 1.32. The van der Waals surface area contributed by atoms with Gasteiger partial charge in [-0.05, 0) is 17.6 Å². The van der Waals surface area contributed by atoms with E-state index in [0.717, 1.165) is 4.88 Å². The first-order chi connectivity index (χ1) is 5.86. The summed E-state index contributed by atoms with van der Waals surface area (Å²) < 4.78 is 3.92. The maximum Gasteiger partial charge on any atom is 0.266 e. The Morgan fingerprint density at radius 1 is 1.42 bits per heavy atom. The third kappa shape index (κ3) is 1.26. The van der Waals surface area contributed by atoms with Gasteiger partial charge in [0.2, 0.25) is 0 Å². The van der Waals surface area contributed by atoms with Crippen LogP contribution in [0.15, 0.2) is 29.5 Å². The number of H-pyrrole nitrogens is 1. The molecular formula is C7H5N3OS. The smallest absolute Gasteiger partial charge is 0.266 e. The van der Waals surface area contributed by atoms with E-state index in [1.807, 2.05) is 6.07 Å². The highest BCUT2D eigenvalue weighted by molar-refractivity contribution is 7.09. The molecule has 0 radical (unpaired) electrons. The Balaban J connectivity index is 2.55. The summed E-state index contributed by atoms with van der Waals surface area (Å²) in [5.74, 6) is 0. The molecule has 0 unspecified atom stereocenters. The van der Waals surface area contributed by atoms with Crippen LogP contribution in [0.25, 0.3) is 10.6 Å². The Bertz CT molecular complexity index is 420. The van der Waals surface area contributed by atoms with Crippen LogP contribution in [0.2, 0.25) is 0 Å². The molecule has 2 heterocycles. The topological polar surface area (TPSA) is 58.6 Å². The van der Waals surface area contributed by atoms with Gasteiger partial charge in [0.1, 0.15) is 0 Å². The number of aromatic amines is 1. The molecule has 0 atom stereocenters. The van der Waals surface area contributed by atoms with Crippen molar-refractivity contribution in [1.29, 1.82) is 0 Å². The number of hydrogen-bond acceptors (Lipinski definition) is 4. The lowest BCUT2D eigenvalue weighted by atomic mass is 10.4. The highest BCUT2D eigenvalue weighted by Crippen LogP contribution is 2.17. The van der Waals surface area contributed by atoms with Crippen molar-refractivity contribution in [3.05, 3.63) is 35.0 Å². The van der Waals surface area contributed by atoms with Crippen LogP contribution in [0.5, 0.6) is 0 Å². The second-order valence-corrected chi connectivity index (χ2v) is 3.02. The van der Waals surface area contributed by atoms with E-state index in [0.29, 0.717) is 5.69 Å². The van der Waals surface area contributed by atoms with Crippen LogP contribution in [-0.4, -0.2) is 14.3 Å². The summed E-state index contributed by atoms with van der Waals surface area (Å²) in [7, 11) is 0. The normalized spacial score (nSPS) is 10.0. The Morgan fingerprint density at radius 3 is 3.00 bits per heavy atom. The zero-order valence-corrected chi connectivity index (χ0v) is 6.84. The fourth-order valence-corrected chi connectivity index (χ4v) is 1.42. The lowest BCUT2D eigenvalue weighted by Crippen LogP contribution is -2.04. The summed E-state index contributed by atoms with van der Waals surface area (Å²) in [6.45, 7) is 0. The highest BCUT2D eigenvalue weighted by atomic mass is 32.1. The van der Waals surface area contributed by atoms with Gasteiger partial charge in [0, 0.05) is 6.20 Å². The third-order valence-corrected chi connectivity index (χ3v) is 2.14. The second-order valence-electron chi connectivity index (χ2n) is 2.19. The van der Waals surface area contributed by atoms with Gasteiger partial charge in [0.05, 0.1) is 23.0 Å². The molecule has 2 aromatic rings. The van der Waals surface area contributed by atoms with E-state index in [-0.39, 0.29) is 5.56 Å². The van der Waals surface area contributed by atoms with E-state index in [2.05, 4.69) is 14.3 Å². The fourth-order valence-electron chi connectivity index (χ4n) is 0.857. The van der Waals surface area contributed by atoms with Crippen LogP contribution in [0.1, 0.15) is 0 Å². The SMILES string of the molecule is O=c1cncc(-c2ccns2)[nH]1. The minimum absolute atomic E-state index is 0.194. The molecule has 0 fully saturated rings. The molecule has 2 rings (SSSR count). The van der Waals surface area contributed by atoms with Crippen molar-refractivity contribution in [2.45, 2.75) is 0 Å². The average Bonchev–Trinajstić information content (AvgIpc) is 2.56. The molecule has 0 saturated carbocycles. The molecule has 0 aliphatic heterocycles. The number of nitrogens with zero attached hydrogens (tertiary/aromatic N) is 2. The van der Waals surface area contributed by atoms with Gasteiger partial charge in [-0.3, -0.25) is 9.78 Å². The Morgan fingerprint density at radius 2 is 2.33 bits per heavy atom. The monoisotopic (exact) mass is 179 g/mol. The van der Waals surface area contributed by atoms with Gasteiger partial charge < -0.3 is 4.98 Å². The van der Waals surface area contributed by atoms with Gasteiger partial charge in [0.25, 0.3) is 5.56 Å². The summed E-state index contributed by atoms with van der Waals surface area (Å²) in [6, 6.07) is 1.83. The average molecular weight is 179 g/mol. The Kier molecular flexibility index (Phi) is 1.71. The predicted molar refractivity (Wildman–Crippen MR) is 46.0 cm³/mol. The van der Waals surface area contributed by atoms with Gasteiger partial charge in [0.15, 0.2) is 0 Å². The first kappa shape index (κ1) is 7.17. The van der Waals surface area contributed by atoms with Gasteiger partial charge >= 0.3 is 0 Å². The molecule has 0 saturated heterocycles. The summed E-state index contributed by atoms with van der Waals surface area (Å²) in [4.78, 5) is 18.2. The summed E-state index contributed by atoms with van der Waals surface area (Å²) in [5, 5.41) is 0. The molecule has 2 aromatic heterocycles. The molecule has 0 spiro atoms. The minimum Gasteiger partial charge on any atom is -0.319 e. The zero-order chi connectivity index (χ0) is 8.39. The van der Waals surface area contributed by atoms with Crippen LogP contribution in [0.3, 0.4) is 0 Å². The standard InChI is InChI=1S/C7H5N3OS/c11-7-4-8-3-5(10-7)6-1-2-9-12-6/h1-4H,(H,10,11). The van der Waals surface area contributed by atoms with E-state index in [9.17, 15) is 4.79 Å². The number of rotatable bonds is 1. The molecule has 12 heavy (non-hydrogen) atoms. The van der Waals surface area contributed by atoms with Crippen molar-refractivity contribution in [2.24, 2.45) is 0 Å². The van der Waals surface area contributed by atoms with Gasteiger partial charge in [-0.25, -0.2) is 4.37 Å². The van der Waals surface area contributed by atoms with Gasteiger partial charge in [-0.15, -0.1) is 0 Å². The van der Waals surface area contributed by atoms with Crippen molar-refractivity contribution < 1.29 is 0 Å². The van der Waals surface area contributed by atoms with E-state index < -0.39 is 0 Å². The van der Waals surface area contributed by atoms with Crippen molar-refractivity contribution in [3.63, 3.8) is 0 Å². The maximum absolute atomic E-state index is 10.9. The maximum atomic E-state index is 10.9. The zero-order valence-electron chi connectivity index (χ0n) is 6.02. The molecule has 0 aliphatic carbocycles. The van der Waals surface area contributed by atoms with Crippen molar-refractivity contribution in [1.82, 2.24) is 14.3 Å². The van der Waals surface area contributed by atoms with Crippen molar-refractivity contribution >= 4 is 11.5 Å². The lowest BCUT2D eigenvalue weighted by Gasteiger charge is -1.92. The van der Waals surface area contributed by atoms with Crippen LogP contribution in [0.4, 0.5) is 0 Å². The minimum atomic E-state index is -0.194. The summed E-state index contributed by atoms with van der Waals surface area (Å²) in [5.41, 5.74) is 0.519. The lowest BCUT2D eigenvalue weighted by molar-refractivity contribution is 1.15. The fraction of sp³-hybridized carbons (Fsp3) is 0. The molecule has 0 amide bonds. The molecule has 5 heteroatoms. The first-order valence-corrected chi connectivity index (χ1v) is 4.09. The molecule has 0 aromatic carbocycles. The van der Waals surface area contributed by atoms with Crippen LogP contribution in [0, 0.1) is 0 Å². The third-order valence-electron chi connectivity index (χ3n) is 1.36. The Hall–Kier alpha value is -1.49. The van der Waals surface area contributed by atoms with Gasteiger partial charge in [-0.1, -0.05) is 0 Å². The predicted octanol–water partition coefficient (Wildman–Crippen LogP) is 0.893. The van der Waals surface area contributed by atoms with E-state index >= 15 is 0 Å². The molecule has 0 bridgehead atoms. The summed E-state index contributed by atoms with van der Waals surface area (Å²) in [6.07, 6.45) is 4.53. The van der Waals surface area contributed by atoms with E-state index in [1.54, 1.807) is 12.4 Å².